The Bertz CT molecular complexity index is 1230. The number of rotatable bonds is 4. The minimum Gasteiger partial charge on any atom is -0.369 e. The Labute approximate surface area is 212 Å². The molecule has 4 atom stereocenters. The number of hydrogen-bond donors (Lipinski definition) is 1. The Kier molecular flexibility index (Phi) is 6.02. The highest BCUT2D eigenvalue weighted by Crippen LogP contribution is 2.41. The highest BCUT2D eigenvalue weighted by atomic mass is 35.5. The van der Waals surface area contributed by atoms with Gasteiger partial charge in [0.25, 0.3) is 0 Å². The van der Waals surface area contributed by atoms with Gasteiger partial charge in [0, 0.05) is 37.7 Å². The Morgan fingerprint density at radius 1 is 1.03 bits per heavy atom. The fourth-order valence-corrected chi connectivity index (χ4v) is 6.30. The van der Waals surface area contributed by atoms with Gasteiger partial charge in [0.05, 0.1) is 17.4 Å². The highest BCUT2D eigenvalue weighted by Gasteiger charge is 2.43. The fourth-order valence-electron chi connectivity index (χ4n) is 6.15. The minimum absolute atomic E-state index is 0.208. The number of anilines is 2. The van der Waals surface area contributed by atoms with Gasteiger partial charge in [-0.15, -0.1) is 10.2 Å². The predicted octanol–water partition coefficient (Wildman–Crippen LogP) is 5.38. The first kappa shape index (κ1) is 23.5. The van der Waals surface area contributed by atoms with Gasteiger partial charge in [-0.1, -0.05) is 36.2 Å². The van der Waals surface area contributed by atoms with Gasteiger partial charge < -0.3 is 10.2 Å². The summed E-state index contributed by atoms with van der Waals surface area (Å²) in [5.74, 6) is 1.97. The molecule has 0 amide bonds. The van der Waals surface area contributed by atoms with Crippen molar-refractivity contribution in [1.82, 2.24) is 25.0 Å². The maximum atomic E-state index is 13.4. The first-order valence-electron chi connectivity index (χ1n) is 12.5. The highest BCUT2D eigenvalue weighted by molar-refractivity contribution is 6.29. The SMILES string of the molecule is FC(F)(F)c1cccc([C@H]2CCCCn3nc(NC4[C@@H]5CC[C@H]4CN(c4cnnc(Cl)c4)C5)nc32)c1. The number of alkyl halides is 3. The molecule has 2 aromatic heterocycles. The molecule has 6 rings (SSSR count). The predicted molar refractivity (Wildman–Crippen MR) is 130 cm³/mol. The van der Waals surface area contributed by atoms with E-state index in [4.69, 9.17) is 21.7 Å². The molecule has 4 heterocycles. The largest absolute Gasteiger partial charge is 0.416 e. The summed E-state index contributed by atoms with van der Waals surface area (Å²) >= 11 is 6.05. The summed E-state index contributed by atoms with van der Waals surface area (Å²) in [5.41, 5.74) is 1.01. The number of hydrogen-bond acceptors (Lipinski definition) is 6. The summed E-state index contributed by atoms with van der Waals surface area (Å²) in [6.07, 6.45) is 2.22. The van der Waals surface area contributed by atoms with Crippen LogP contribution < -0.4 is 10.2 Å². The normalized spacial score (nSPS) is 25.9. The van der Waals surface area contributed by atoms with Crippen LogP contribution in [-0.2, 0) is 12.7 Å². The van der Waals surface area contributed by atoms with Gasteiger partial charge in [-0.2, -0.15) is 23.3 Å². The van der Waals surface area contributed by atoms with E-state index in [1.807, 2.05) is 10.7 Å². The number of halogens is 4. The van der Waals surface area contributed by atoms with Crippen molar-refractivity contribution in [2.75, 3.05) is 23.3 Å². The van der Waals surface area contributed by atoms with E-state index >= 15 is 0 Å². The lowest BCUT2D eigenvalue weighted by Gasteiger charge is -2.39. The van der Waals surface area contributed by atoms with E-state index in [2.05, 4.69) is 20.4 Å². The lowest BCUT2D eigenvalue weighted by molar-refractivity contribution is -0.137. The van der Waals surface area contributed by atoms with Crippen LogP contribution in [0.5, 0.6) is 0 Å². The Hall–Kier alpha value is -2.88. The molecule has 3 aromatic rings. The lowest BCUT2D eigenvalue weighted by atomic mass is 9.92. The van der Waals surface area contributed by atoms with Crippen LogP contribution in [0.3, 0.4) is 0 Å². The van der Waals surface area contributed by atoms with Gasteiger partial charge in [-0.3, -0.25) is 0 Å². The standard InChI is InChI=1S/C25H27ClF3N7/c26-21-11-19(12-30-33-21)35-13-16-7-8-17(14-35)22(16)31-24-32-23-20(6-1-2-9-36(23)34-24)15-4-3-5-18(10-15)25(27,28)29/h3-5,10-12,16-17,20,22H,1-2,6-9,13-14H2,(H,31,34)/t16-,17+,20-,22?/m1/s1. The lowest BCUT2D eigenvalue weighted by Crippen LogP contribution is -2.48. The van der Waals surface area contributed by atoms with Crippen LogP contribution in [0.4, 0.5) is 24.8 Å². The van der Waals surface area contributed by atoms with Crippen LogP contribution in [-0.4, -0.2) is 44.1 Å². The van der Waals surface area contributed by atoms with Crippen molar-refractivity contribution in [2.45, 2.75) is 56.8 Å². The average molecular weight is 518 g/mol. The summed E-state index contributed by atoms with van der Waals surface area (Å²) in [7, 11) is 0. The number of fused-ring (bicyclic) bond motifs is 3. The first-order valence-corrected chi connectivity index (χ1v) is 12.8. The Morgan fingerprint density at radius 3 is 2.58 bits per heavy atom. The molecule has 2 aliphatic heterocycles. The molecule has 1 aliphatic carbocycles. The molecule has 1 N–H and O–H groups in total. The summed E-state index contributed by atoms with van der Waals surface area (Å²) in [5, 5.41) is 16.6. The van der Waals surface area contributed by atoms with Crippen molar-refractivity contribution in [3.63, 3.8) is 0 Å². The second kappa shape index (κ2) is 9.21. The van der Waals surface area contributed by atoms with Crippen LogP contribution in [0.2, 0.25) is 5.15 Å². The summed E-state index contributed by atoms with van der Waals surface area (Å²) in [6.45, 7) is 2.49. The third-order valence-electron chi connectivity index (χ3n) is 7.85. The smallest absolute Gasteiger partial charge is 0.369 e. The molecular formula is C25H27ClF3N7. The maximum absolute atomic E-state index is 13.4. The van der Waals surface area contributed by atoms with E-state index in [1.165, 1.54) is 12.1 Å². The number of benzene rings is 1. The number of nitrogens with zero attached hydrogens (tertiary/aromatic N) is 6. The zero-order chi connectivity index (χ0) is 24.9. The molecule has 7 nitrogen and oxygen atoms in total. The molecule has 1 saturated heterocycles. The van der Waals surface area contributed by atoms with Gasteiger partial charge in [0.2, 0.25) is 5.95 Å². The molecule has 3 aliphatic rings. The van der Waals surface area contributed by atoms with E-state index in [-0.39, 0.29) is 12.0 Å². The Morgan fingerprint density at radius 2 is 1.83 bits per heavy atom. The van der Waals surface area contributed by atoms with Crippen LogP contribution >= 0.6 is 11.6 Å². The molecule has 190 valence electrons. The van der Waals surface area contributed by atoms with Crippen molar-refractivity contribution in [3.05, 3.63) is 58.6 Å². The Balaban J connectivity index is 1.22. The van der Waals surface area contributed by atoms with Gasteiger partial charge in [-0.05, 0) is 49.1 Å². The average Bonchev–Trinajstić information content (AvgIpc) is 3.25. The molecular weight excluding hydrogens is 491 g/mol. The van der Waals surface area contributed by atoms with E-state index in [0.29, 0.717) is 28.5 Å². The van der Waals surface area contributed by atoms with Crippen LogP contribution in [0.15, 0.2) is 36.5 Å². The monoisotopic (exact) mass is 517 g/mol. The summed E-state index contributed by atoms with van der Waals surface area (Å²) in [6, 6.07) is 7.75. The molecule has 1 saturated carbocycles. The van der Waals surface area contributed by atoms with E-state index < -0.39 is 11.7 Å². The van der Waals surface area contributed by atoms with Gasteiger partial charge >= 0.3 is 6.18 Å². The van der Waals surface area contributed by atoms with E-state index in [0.717, 1.165) is 69.3 Å². The second-order valence-corrected chi connectivity index (χ2v) is 10.5. The molecule has 0 spiro atoms. The van der Waals surface area contributed by atoms with Crippen LogP contribution in [0.25, 0.3) is 0 Å². The van der Waals surface area contributed by atoms with E-state index in [9.17, 15) is 13.2 Å². The van der Waals surface area contributed by atoms with Gasteiger partial charge in [-0.25, -0.2) is 4.68 Å². The van der Waals surface area contributed by atoms with Crippen LogP contribution in [0.1, 0.15) is 55.0 Å². The van der Waals surface area contributed by atoms with Gasteiger partial charge in [0.1, 0.15) is 5.82 Å². The van der Waals surface area contributed by atoms with Crippen molar-refractivity contribution in [3.8, 4) is 0 Å². The quantitative estimate of drug-likeness (QED) is 0.501. The van der Waals surface area contributed by atoms with Crippen molar-refractivity contribution in [1.29, 1.82) is 0 Å². The first-order chi connectivity index (χ1) is 17.3. The third kappa shape index (κ3) is 4.51. The molecule has 1 unspecified atom stereocenters. The van der Waals surface area contributed by atoms with Gasteiger partial charge in [0.15, 0.2) is 5.15 Å². The number of aryl methyl sites for hydroxylation is 1. The molecule has 2 bridgehead atoms. The molecule has 36 heavy (non-hydrogen) atoms. The fraction of sp³-hybridized carbons (Fsp3) is 0.520. The van der Waals surface area contributed by atoms with Crippen LogP contribution in [0, 0.1) is 11.8 Å². The zero-order valence-electron chi connectivity index (χ0n) is 19.6. The summed E-state index contributed by atoms with van der Waals surface area (Å²) in [4.78, 5) is 7.17. The summed E-state index contributed by atoms with van der Waals surface area (Å²) < 4.78 is 41.9. The molecule has 11 heteroatoms. The van der Waals surface area contributed by atoms with Crippen molar-refractivity contribution in [2.24, 2.45) is 11.8 Å². The second-order valence-electron chi connectivity index (χ2n) is 10.1. The molecule has 0 radical (unpaired) electrons. The van der Waals surface area contributed by atoms with E-state index in [1.54, 1.807) is 12.3 Å². The number of piperidine rings is 1. The molecule has 1 aromatic carbocycles. The zero-order valence-corrected chi connectivity index (χ0v) is 20.4. The molecule has 2 fully saturated rings. The topological polar surface area (TPSA) is 71.8 Å². The minimum atomic E-state index is -4.37. The number of nitrogens with one attached hydrogen (secondary N) is 1. The maximum Gasteiger partial charge on any atom is 0.416 e. The number of aromatic nitrogens is 5. The van der Waals surface area contributed by atoms with Crippen molar-refractivity contribution >= 4 is 23.2 Å². The van der Waals surface area contributed by atoms with Crippen molar-refractivity contribution < 1.29 is 13.2 Å². The third-order valence-corrected chi connectivity index (χ3v) is 8.03.